The van der Waals surface area contributed by atoms with Crippen molar-refractivity contribution in [3.63, 3.8) is 0 Å². The van der Waals surface area contributed by atoms with E-state index in [4.69, 9.17) is 0 Å². The van der Waals surface area contributed by atoms with Crippen molar-refractivity contribution < 1.29 is 8.42 Å². The molecule has 0 unspecified atom stereocenters. The van der Waals surface area contributed by atoms with Crippen LogP contribution in [-0.2, 0) is 9.84 Å². The molecule has 3 rings (SSSR count). The van der Waals surface area contributed by atoms with Crippen molar-refractivity contribution in [2.24, 2.45) is 0 Å². The molecule has 1 N–H and O–H groups in total. The van der Waals surface area contributed by atoms with Gasteiger partial charge in [0.15, 0.2) is 9.84 Å². The molecular formula is C17H23N3O2S. The normalized spacial score (nSPS) is 19.0. The summed E-state index contributed by atoms with van der Waals surface area (Å²) in [5.41, 5.74) is 2.96. The van der Waals surface area contributed by atoms with Crippen molar-refractivity contribution in [1.82, 2.24) is 10.2 Å². The molecule has 6 heteroatoms. The van der Waals surface area contributed by atoms with Gasteiger partial charge in [-0.2, -0.15) is 5.10 Å². The fourth-order valence-corrected chi connectivity index (χ4v) is 4.34. The molecule has 1 aromatic heterocycles. The Kier molecular flexibility index (Phi) is 4.43. The van der Waals surface area contributed by atoms with Crippen molar-refractivity contribution in [3.8, 4) is 0 Å². The Morgan fingerprint density at radius 2 is 2.13 bits per heavy atom. The number of anilines is 1. The number of aromatic nitrogens is 2. The third-order valence-electron chi connectivity index (χ3n) is 4.49. The van der Waals surface area contributed by atoms with Crippen molar-refractivity contribution in [2.45, 2.75) is 37.5 Å². The van der Waals surface area contributed by atoms with E-state index in [1.807, 2.05) is 19.1 Å². The molecule has 2 aromatic rings. The zero-order valence-electron chi connectivity index (χ0n) is 13.6. The highest BCUT2D eigenvalue weighted by Gasteiger charge is 2.27. The largest absolute Gasteiger partial charge is 0.370 e. The molecule has 0 spiro atoms. The Bertz CT molecular complexity index is 783. The van der Waals surface area contributed by atoms with E-state index < -0.39 is 9.84 Å². The quantitative estimate of drug-likeness (QED) is 0.934. The lowest BCUT2D eigenvalue weighted by atomic mass is 9.94. The molecule has 0 radical (unpaired) electrons. The maximum Gasteiger partial charge on any atom is 0.180 e. The van der Waals surface area contributed by atoms with Gasteiger partial charge in [-0.1, -0.05) is 19.1 Å². The van der Waals surface area contributed by atoms with Crippen LogP contribution in [0.5, 0.6) is 0 Å². The van der Waals surface area contributed by atoms with E-state index >= 15 is 0 Å². The van der Waals surface area contributed by atoms with Gasteiger partial charge in [-0.3, -0.25) is 5.10 Å². The molecule has 1 atom stereocenters. The molecule has 1 aromatic carbocycles. The zero-order chi connectivity index (χ0) is 16.4. The van der Waals surface area contributed by atoms with Gasteiger partial charge in [0, 0.05) is 24.7 Å². The lowest BCUT2D eigenvalue weighted by Gasteiger charge is -2.34. The van der Waals surface area contributed by atoms with E-state index in [9.17, 15) is 8.42 Å². The lowest BCUT2D eigenvalue weighted by Crippen LogP contribution is -2.35. The van der Waals surface area contributed by atoms with Crippen LogP contribution in [0.3, 0.4) is 0 Å². The Labute approximate surface area is 137 Å². The molecule has 5 nitrogen and oxygen atoms in total. The predicted octanol–water partition coefficient (Wildman–Crippen LogP) is 2.90. The Morgan fingerprint density at radius 3 is 2.83 bits per heavy atom. The second-order valence-corrected chi connectivity index (χ2v) is 8.38. The van der Waals surface area contributed by atoms with Crippen LogP contribution >= 0.6 is 0 Å². The molecule has 1 fully saturated rings. The summed E-state index contributed by atoms with van der Waals surface area (Å²) in [6, 6.07) is 9.43. The molecule has 0 amide bonds. The zero-order valence-corrected chi connectivity index (χ0v) is 14.4. The molecule has 0 aliphatic carbocycles. The fourth-order valence-electron chi connectivity index (χ4n) is 3.22. The summed E-state index contributed by atoms with van der Waals surface area (Å²) in [5.74, 6) is 0.464. The fraction of sp³-hybridized carbons (Fsp3) is 0.471. The minimum absolute atomic E-state index is 0.125. The smallest absolute Gasteiger partial charge is 0.180 e. The third-order valence-corrected chi connectivity index (χ3v) is 6.26. The van der Waals surface area contributed by atoms with E-state index in [1.165, 1.54) is 0 Å². The monoisotopic (exact) mass is 333 g/mol. The van der Waals surface area contributed by atoms with Gasteiger partial charge in [-0.15, -0.1) is 0 Å². The van der Waals surface area contributed by atoms with Gasteiger partial charge >= 0.3 is 0 Å². The highest BCUT2D eigenvalue weighted by atomic mass is 32.2. The molecule has 0 bridgehead atoms. The van der Waals surface area contributed by atoms with E-state index in [0.717, 1.165) is 43.0 Å². The summed E-state index contributed by atoms with van der Waals surface area (Å²) in [5, 5.41) is 7.39. The average molecular weight is 333 g/mol. The second kappa shape index (κ2) is 6.35. The van der Waals surface area contributed by atoms with E-state index in [0.29, 0.717) is 10.8 Å². The Morgan fingerprint density at radius 1 is 1.35 bits per heavy atom. The number of aromatic amines is 1. The summed E-state index contributed by atoms with van der Waals surface area (Å²) in [6.45, 7) is 5.38. The number of nitrogens with one attached hydrogen (secondary N) is 1. The van der Waals surface area contributed by atoms with Crippen LogP contribution in [0, 0.1) is 6.92 Å². The number of rotatable bonds is 4. The van der Waals surface area contributed by atoms with Crippen molar-refractivity contribution in [1.29, 1.82) is 0 Å². The maximum atomic E-state index is 12.4. The highest BCUT2D eigenvalue weighted by molar-refractivity contribution is 7.91. The van der Waals surface area contributed by atoms with Gasteiger partial charge in [-0.25, -0.2) is 8.42 Å². The molecule has 23 heavy (non-hydrogen) atoms. The summed E-state index contributed by atoms with van der Waals surface area (Å²) in [7, 11) is -3.22. The molecule has 124 valence electrons. The molecule has 1 aliphatic rings. The van der Waals surface area contributed by atoms with Crippen LogP contribution in [0.2, 0.25) is 0 Å². The number of hydrogen-bond donors (Lipinski definition) is 1. The van der Waals surface area contributed by atoms with Crippen LogP contribution in [0.1, 0.15) is 37.1 Å². The van der Waals surface area contributed by atoms with E-state index in [-0.39, 0.29) is 5.75 Å². The van der Waals surface area contributed by atoms with Gasteiger partial charge in [0.25, 0.3) is 0 Å². The van der Waals surface area contributed by atoms with Gasteiger partial charge in [0.1, 0.15) is 0 Å². The number of benzene rings is 1. The Hall–Kier alpha value is -1.82. The van der Waals surface area contributed by atoms with Gasteiger partial charge in [0.2, 0.25) is 0 Å². The first kappa shape index (κ1) is 16.1. The number of piperidine rings is 1. The first-order chi connectivity index (χ1) is 11.0. The van der Waals surface area contributed by atoms with Gasteiger partial charge in [0.05, 0.1) is 22.0 Å². The highest BCUT2D eigenvalue weighted by Crippen LogP contribution is 2.33. The van der Waals surface area contributed by atoms with Crippen LogP contribution in [0.15, 0.2) is 35.2 Å². The second-order valence-electron chi connectivity index (χ2n) is 6.13. The Balaban J connectivity index is 1.90. The third kappa shape index (κ3) is 3.27. The standard InChI is InChI=1S/C17H23N3O2S/c1-3-23(21,22)17-9-5-4-8-16(17)20-10-6-7-14(12-20)15-11-13(2)18-19-15/h4-5,8-9,11,14H,3,6-7,10,12H2,1-2H3,(H,18,19)/t14-/m1/s1. The van der Waals surface area contributed by atoms with Crippen LogP contribution < -0.4 is 4.90 Å². The van der Waals surface area contributed by atoms with Crippen molar-refractivity contribution >= 4 is 15.5 Å². The summed E-state index contributed by atoms with van der Waals surface area (Å²) in [4.78, 5) is 2.64. The topological polar surface area (TPSA) is 66.1 Å². The van der Waals surface area contributed by atoms with Crippen LogP contribution in [-0.4, -0.2) is 37.5 Å². The van der Waals surface area contributed by atoms with E-state index in [1.54, 1.807) is 19.1 Å². The number of nitrogens with zero attached hydrogens (tertiary/aromatic N) is 2. The number of aryl methyl sites for hydroxylation is 1. The van der Waals surface area contributed by atoms with Crippen LogP contribution in [0.4, 0.5) is 5.69 Å². The molecule has 1 saturated heterocycles. The first-order valence-electron chi connectivity index (χ1n) is 8.10. The number of H-pyrrole nitrogens is 1. The molecule has 1 aliphatic heterocycles. The first-order valence-corrected chi connectivity index (χ1v) is 9.75. The number of sulfone groups is 1. The summed E-state index contributed by atoms with van der Waals surface area (Å²) >= 11 is 0. The van der Waals surface area contributed by atoms with Crippen LogP contribution in [0.25, 0.3) is 0 Å². The molecule has 0 saturated carbocycles. The molecular weight excluding hydrogens is 310 g/mol. The van der Waals surface area contributed by atoms with Gasteiger partial charge < -0.3 is 4.90 Å². The number of hydrogen-bond acceptors (Lipinski definition) is 4. The minimum atomic E-state index is -3.22. The predicted molar refractivity (Wildman–Crippen MR) is 91.7 cm³/mol. The molecule has 2 heterocycles. The average Bonchev–Trinajstić information content (AvgIpc) is 3.01. The van der Waals surface area contributed by atoms with E-state index in [2.05, 4.69) is 21.2 Å². The van der Waals surface area contributed by atoms with Crippen molar-refractivity contribution in [2.75, 3.05) is 23.7 Å². The maximum absolute atomic E-state index is 12.4. The SMILES string of the molecule is CCS(=O)(=O)c1ccccc1N1CCC[C@@H](c2cc(C)[nH]n2)C1. The number of para-hydroxylation sites is 1. The minimum Gasteiger partial charge on any atom is -0.370 e. The summed E-state index contributed by atoms with van der Waals surface area (Å²) < 4.78 is 24.8. The van der Waals surface area contributed by atoms with Gasteiger partial charge in [-0.05, 0) is 38.0 Å². The summed E-state index contributed by atoms with van der Waals surface area (Å²) in [6.07, 6.45) is 2.13. The van der Waals surface area contributed by atoms with Crippen molar-refractivity contribution in [3.05, 3.63) is 41.7 Å². The lowest BCUT2D eigenvalue weighted by molar-refractivity contribution is 0.498.